The average molecular weight is 204 g/mol. The molecule has 1 rings (SSSR count). The van der Waals surface area contributed by atoms with Crippen molar-refractivity contribution >= 4 is 11.6 Å². The first-order valence-corrected chi connectivity index (χ1v) is 4.22. The molecule has 1 atom stereocenters. The molecule has 0 amide bonds. The zero-order valence-electron chi connectivity index (χ0n) is 7.26. The summed E-state index contributed by atoms with van der Waals surface area (Å²) >= 11 is 5.83. The van der Waals surface area contributed by atoms with Crippen molar-refractivity contribution in [1.82, 2.24) is 0 Å². The molecular weight excluding hydrogens is 193 g/mol. The Kier molecular flexibility index (Phi) is 3.51. The van der Waals surface area contributed by atoms with Gasteiger partial charge in [0.25, 0.3) is 0 Å². The maximum atomic E-state index is 12.3. The number of benzene rings is 1. The molecule has 0 spiro atoms. The number of rotatable bonds is 3. The Labute approximate surface area is 81.4 Å². The minimum atomic E-state index is -0.673. The first-order valence-electron chi connectivity index (χ1n) is 3.84. The van der Waals surface area contributed by atoms with E-state index in [1.807, 2.05) is 0 Å². The summed E-state index contributed by atoms with van der Waals surface area (Å²) < 4.78 is 17.3. The molecule has 1 aromatic rings. The summed E-state index contributed by atoms with van der Waals surface area (Å²) in [6.07, 6.45) is 0. The fourth-order valence-corrected chi connectivity index (χ4v) is 1.37. The topological polar surface area (TPSA) is 35.2 Å². The van der Waals surface area contributed by atoms with Crippen molar-refractivity contribution in [2.75, 3.05) is 13.8 Å². The van der Waals surface area contributed by atoms with Crippen molar-refractivity contribution in [1.29, 1.82) is 0 Å². The Balaban J connectivity index is 3.12. The summed E-state index contributed by atoms with van der Waals surface area (Å²) in [6, 6.07) is 4.42. The molecule has 0 saturated heterocycles. The molecule has 0 fully saturated rings. The van der Waals surface area contributed by atoms with Gasteiger partial charge in [0.15, 0.2) is 0 Å². The number of alkyl halides is 1. The lowest BCUT2D eigenvalue weighted by Crippen LogP contribution is -2.13. The molecule has 72 valence electrons. The molecule has 0 aliphatic carbocycles. The van der Waals surface area contributed by atoms with Crippen LogP contribution in [0, 0.1) is 0 Å². The third-order valence-corrected chi connectivity index (χ3v) is 2.06. The highest BCUT2D eigenvalue weighted by Crippen LogP contribution is 2.31. The van der Waals surface area contributed by atoms with Crippen LogP contribution in [0.15, 0.2) is 18.2 Å². The molecule has 0 heterocycles. The minimum Gasteiger partial charge on any atom is -0.495 e. The van der Waals surface area contributed by atoms with Gasteiger partial charge in [-0.2, -0.15) is 0 Å². The van der Waals surface area contributed by atoms with E-state index in [1.165, 1.54) is 7.11 Å². The lowest BCUT2D eigenvalue weighted by molar-refractivity contribution is 0.389. The van der Waals surface area contributed by atoms with E-state index in [9.17, 15) is 4.39 Å². The maximum absolute atomic E-state index is 12.3. The number of para-hydroxylation sites is 1. The van der Waals surface area contributed by atoms with Gasteiger partial charge in [-0.05, 0) is 6.07 Å². The van der Waals surface area contributed by atoms with E-state index in [1.54, 1.807) is 18.2 Å². The van der Waals surface area contributed by atoms with Crippen LogP contribution in [0.3, 0.4) is 0 Å². The molecule has 1 aromatic carbocycles. The first-order chi connectivity index (χ1) is 6.20. The van der Waals surface area contributed by atoms with Gasteiger partial charge in [-0.15, -0.1) is 0 Å². The third-order valence-electron chi connectivity index (χ3n) is 1.77. The number of ether oxygens (including phenoxy) is 1. The van der Waals surface area contributed by atoms with E-state index in [0.717, 1.165) is 0 Å². The van der Waals surface area contributed by atoms with E-state index in [0.29, 0.717) is 16.3 Å². The van der Waals surface area contributed by atoms with E-state index in [2.05, 4.69) is 0 Å². The van der Waals surface area contributed by atoms with Gasteiger partial charge in [0.1, 0.15) is 12.4 Å². The van der Waals surface area contributed by atoms with Crippen molar-refractivity contribution in [3.05, 3.63) is 28.8 Å². The van der Waals surface area contributed by atoms with Crippen molar-refractivity contribution in [2.45, 2.75) is 6.04 Å². The van der Waals surface area contributed by atoms with E-state index in [4.69, 9.17) is 22.1 Å². The van der Waals surface area contributed by atoms with Crippen LogP contribution in [0.1, 0.15) is 11.6 Å². The third kappa shape index (κ3) is 2.11. The van der Waals surface area contributed by atoms with Gasteiger partial charge in [0.2, 0.25) is 0 Å². The second-order valence-corrected chi connectivity index (χ2v) is 3.03. The fraction of sp³-hybridized carbons (Fsp3) is 0.333. The van der Waals surface area contributed by atoms with Crippen LogP contribution >= 0.6 is 11.6 Å². The van der Waals surface area contributed by atoms with Crippen LogP contribution in [0.4, 0.5) is 4.39 Å². The smallest absolute Gasteiger partial charge is 0.142 e. The Hall–Kier alpha value is -0.800. The van der Waals surface area contributed by atoms with Gasteiger partial charge in [-0.25, -0.2) is 4.39 Å². The Morgan fingerprint density at radius 3 is 2.85 bits per heavy atom. The maximum Gasteiger partial charge on any atom is 0.142 e. The normalized spacial score (nSPS) is 12.6. The number of nitrogens with two attached hydrogens (primary N) is 1. The van der Waals surface area contributed by atoms with Crippen molar-refractivity contribution in [3.63, 3.8) is 0 Å². The van der Waals surface area contributed by atoms with E-state index >= 15 is 0 Å². The number of hydrogen-bond donors (Lipinski definition) is 1. The molecule has 0 aliphatic rings. The largest absolute Gasteiger partial charge is 0.495 e. The van der Waals surface area contributed by atoms with Crippen LogP contribution in [-0.2, 0) is 0 Å². The van der Waals surface area contributed by atoms with Crippen molar-refractivity contribution in [2.24, 2.45) is 5.73 Å². The van der Waals surface area contributed by atoms with Gasteiger partial charge in [0, 0.05) is 5.56 Å². The quantitative estimate of drug-likeness (QED) is 0.819. The molecule has 2 N–H and O–H groups in total. The van der Waals surface area contributed by atoms with Crippen LogP contribution < -0.4 is 10.5 Å². The summed E-state index contributed by atoms with van der Waals surface area (Å²) in [5.41, 5.74) is 6.12. The highest BCUT2D eigenvalue weighted by molar-refractivity contribution is 6.32. The number of halogens is 2. The highest BCUT2D eigenvalue weighted by atomic mass is 35.5. The number of hydrogen-bond acceptors (Lipinski definition) is 2. The average Bonchev–Trinajstić information content (AvgIpc) is 2.16. The molecule has 2 nitrogen and oxygen atoms in total. The predicted octanol–water partition coefficient (Wildman–Crippen LogP) is 2.32. The fourth-order valence-electron chi connectivity index (χ4n) is 1.12. The van der Waals surface area contributed by atoms with Crippen molar-refractivity contribution in [3.8, 4) is 5.75 Å². The minimum absolute atomic E-state index is 0.448. The summed E-state index contributed by atoms with van der Waals surface area (Å²) in [4.78, 5) is 0. The lowest BCUT2D eigenvalue weighted by atomic mass is 10.1. The van der Waals surface area contributed by atoms with Crippen LogP contribution in [0.25, 0.3) is 0 Å². The van der Waals surface area contributed by atoms with Crippen LogP contribution in [0.5, 0.6) is 5.75 Å². The van der Waals surface area contributed by atoms with Gasteiger partial charge in [0.05, 0.1) is 18.2 Å². The summed E-state index contributed by atoms with van der Waals surface area (Å²) in [6.45, 7) is -0.628. The standard InChI is InChI=1S/C9H11ClFNO/c1-13-9-6(8(12)5-11)3-2-4-7(9)10/h2-4,8H,5,12H2,1H3. The monoisotopic (exact) mass is 203 g/mol. The van der Waals surface area contributed by atoms with E-state index < -0.39 is 12.7 Å². The predicted molar refractivity (Wildman–Crippen MR) is 50.9 cm³/mol. The zero-order chi connectivity index (χ0) is 9.84. The van der Waals surface area contributed by atoms with E-state index in [-0.39, 0.29) is 0 Å². The van der Waals surface area contributed by atoms with Crippen LogP contribution in [-0.4, -0.2) is 13.8 Å². The van der Waals surface area contributed by atoms with Crippen molar-refractivity contribution < 1.29 is 9.13 Å². The van der Waals surface area contributed by atoms with Crippen LogP contribution in [0.2, 0.25) is 5.02 Å². The summed E-state index contributed by atoms with van der Waals surface area (Å²) in [7, 11) is 1.48. The molecule has 0 aliphatic heterocycles. The Bertz CT molecular complexity index is 293. The zero-order valence-corrected chi connectivity index (χ0v) is 8.01. The SMILES string of the molecule is COc1c(Cl)cccc1C(N)CF. The Morgan fingerprint density at radius 1 is 1.62 bits per heavy atom. The first kappa shape index (κ1) is 10.3. The lowest BCUT2D eigenvalue weighted by Gasteiger charge is -2.13. The molecule has 4 heteroatoms. The highest BCUT2D eigenvalue weighted by Gasteiger charge is 2.13. The molecule has 13 heavy (non-hydrogen) atoms. The second-order valence-electron chi connectivity index (χ2n) is 2.62. The van der Waals surface area contributed by atoms with Gasteiger partial charge < -0.3 is 10.5 Å². The molecule has 0 radical (unpaired) electrons. The number of methoxy groups -OCH3 is 1. The molecule has 0 aromatic heterocycles. The van der Waals surface area contributed by atoms with Gasteiger partial charge >= 0.3 is 0 Å². The molecular formula is C9H11ClFNO. The molecule has 1 unspecified atom stereocenters. The van der Waals surface area contributed by atoms with Gasteiger partial charge in [-0.3, -0.25) is 0 Å². The molecule has 0 saturated carbocycles. The second kappa shape index (κ2) is 4.44. The Morgan fingerprint density at radius 2 is 2.31 bits per heavy atom. The molecule has 0 bridgehead atoms. The summed E-state index contributed by atoms with van der Waals surface area (Å²) in [5.74, 6) is 0.453. The van der Waals surface area contributed by atoms with Gasteiger partial charge in [-0.1, -0.05) is 23.7 Å². The summed E-state index contributed by atoms with van der Waals surface area (Å²) in [5, 5.41) is 0.448.